The maximum absolute atomic E-state index is 12.1. The van der Waals surface area contributed by atoms with Crippen LogP contribution < -0.4 is 19.8 Å². The third-order valence-corrected chi connectivity index (χ3v) is 7.91. The Morgan fingerprint density at radius 3 is 2.46 bits per heavy atom. The van der Waals surface area contributed by atoms with E-state index in [1.807, 2.05) is 41.1 Å². The van der Waals surface area contributed by atoms with Gasteiger partial charge in [0.25, 0.3) is 0 Å². The Bertz CT molecular complexity index is 1490. The van der Waals surface area contributed by atoms with Gasteiger partial charge in [0.05, 0.1) is 18.5 Å². The number of hydrogen-bond donors (Lipinski definition) is 2. The topological polar surface area (TPSA) is 95.4 Å². The Morgan fingerprint density at radius 2 is 1.76 bits per heavy atom. The molecule has 5 rings (SSSR count). The summed E-state index contributed by atoms with van der Waals surface area (Å²) in [6.07, 6.45) is 4.95. The quantitative estimate of drug-likeness (QED) is 0.383. The van der Waals surface area contributed by atoms with Gasteiger partial charge in [-0.1, -0.05) is 18.2 Å². The van der Waals surface area contributed by atoms with E-state index in [0.717, 1.165) is 35.4 Å². The Labute approximate surface area is 218 Å². The molecule has 1 fully saturated rings. The van der Waals surface area contributed by atoms with Crippen molar-refractivity contribution in [1.82, 2.24) is 19.9 Å². The largest absolute Gasteiger partial charge is 0.368 e. The highest BCUT2D eigenvalue weighted by Crippen LogP contribution is 2.26. The monoisotopic (exact) mass is 519 g/mol. The summed E-state index contributed by atoms with van der Waals surface area (Å²) in [6, 6.07) is 18.7. The van der Waals surface area contributed by atoms with E-state index >= 15 is 0 Å². The third kappa shape index (κ3) is 5.55. The summed E-state index contributed by atoms with van der Waals surface area (Å²) in [5, 5.41) is 7.80. The maximum atomic E-state index is 12.1. The molecule has 0 saturated carbocycles. The fourth-order valence-corrected chi connectivity index (χ4v) is 5.43. The lowest BCUT2D eigenvalue weighted by atomic mass is 10.1. The lowest BCUT2D eigenvalue weighted by Crippen LogP contribution is -2.54. The van der Waals surface area contributed by atoms with Crippen LogP contribution in [0.2, 0.25) is 0 Å². The molecule has 2 aromatic carbocycles. The highest BCUT2D eigenvalue weighted by Gasteiger charge is 2.21. The first-order valence-corrected chi connectivity index (χ1v) is 14.2. The first-order chi connectivity index (χ1) is 17.7. The number of aromatic nitrogens is 3. The Hall–Kier alpha value is -3.63. The molecule has 37 heavy (non-hydrogen) atoms. The average Bonchev–Trinajstić information content (AvgIpc) is 3.25. The number of benzene rings is 2. The van der Waals surface area contributed by atoms with Gasteiger partial charge in [0, 0.05) is 61.4 Å². The van der Waals surface area contributed by atoms with Gasteiger partial charge in [-0.25, -0.2) is 13.4 Å². The molecule has 9 nitrogen and oxygen atoms in total. The molecule has 194 valence electrons. The van der Waals surface area contributed by atoms with Gasteiger partial charge in [-0.15, -0.1) is 0 Å². The van der Waals surface area contributed by atoms with E-state index in [9.17, 15) is 8.42 Å². The standard InChI is InChI=1S/C27H33N7O2S/c1-19-16-34(17-20(2)29-19)24-11-9-23(10-12-24)30-27-28-15-21-13-14-33(26(21)31-27)18-22-7-5-6-8-25(22)32(3)37(4,35)36/h5-15,19-20,29H,16-18H2,1-4H3,(H,28,30,31). The van der Waals surface area contributed by atoms with Crippen LogP contribution in [0.4, 0.5) is 23.0 Å². The van der Waals surface area contributed by atoms with Gasteiger partial charge in [0.15, 0.2) is 0 Å². The van der Waals surface area contributed by atoms with Crippen molar-refractivity contribution in [2.45, 2.75) is 32.5 Å². The highest BCUT2D eigenvalue weighted by atomic mass is 32.2. The van der Waals surface area contributed by atoms with Crippen LogP contribution in [0.25, 0.3) is 11.0 Å². The Balaban J connectivity index is 1.36. The second-order valence-corrected chi connectivity index (χ2v) is 11.8. The van der Waals surface area contributed by atoms with E-state index in [1.165, 1.54) is 16.2 Å². The van der Waals surface area contributed by atoms with Crippen molar-refractivity contribution in [1.29, 1.82) is 0 Å². The van der Waals surface area contributed by atoms with Gasteiger partial charge in [0.1, 0.15) is 5.65 Å². The van der Waals surface area contributed by atoms with Crippen molar-refractivity contribution in [2.24, 2.45) is 0 Å². The van der Waals surface area contributed by atoms with Crippen LogP contribution in [0.3, 0.4) is 0 Å². The molecule has 0 aliphatic carbocycles. The average molecular weight is 520 g/mol. The number of anilines is 4. The SMILES string of the molecule is CC1CN(c2ccc(Nc3ncc4ccn(Cc5ccccc5N(C)S(C)(=O)=O)c4n3)cc2)CC(C)N1. The van der Waals surface area contributed by atoms with Crippen LogP contribution in [0.1, 0.15) is 19.4 Å². The summed E-state index contributed by atoms with van der Waals surface area (Å²) in [5.41, 5.74) is 4.42. The van der Waals surface area contributed by atoms with E-state index in [1.54, 1.807) is 13.2 Å². The third-order valence-electron chi connectivity index (χ3n) is 6.72. The van der Waals surface area contributed by atoms with Crippen molar-refractivity contribution in [2.75, 3.05) is 40.9 Å². The molecule has 2 unspecified atom stereocenters. The number of sulfonamides is 1. The normalized spacial score (nSPS) is 18.2. The molecule has 0 spiro atoms. The molecule has 0 amide bonds. The molecule has 2 atom stereocenters. The molecule has 3 heterocycles. The smallest absolute Gasteiger partial charge is 0.232 e. The van der Waals surface area contributed by atoms with Crippen LogP contribution >= 0.6 is 0 Å². The zero-order chi connectivity index (χ0) is 26.2. The molecule has 2 N–H and O–H groups in total. The number of hydrogen-bond acceptors (Lipinski definition) is 7. The van der Waals surface area contributed by atoms with E-state index < -0.39 is 10.0 Å². The van der Waals surface area contributed by atoms with Crippen molar-refractivity contribution < 1.29 is 8.42 Å². The predicted octanol–water partition coefficient (Wildman–Crippen LogP) is 3.81. The Kier molecular flexibility index (Phi) is 6.78. The van der Waals surface area contributed by atoms with Crippen LogP contribution in [0, 0.1) is 0 Å². The molecule has 2 aromatic heterocycles. The second-order valence-electron chi connectivity index (χ2n) is 9.82. The molecule has 0 bridgehead atoms. The molecule has 1 aliphatic heterocycles. The van der Waals surface area contributed by atoms with Gasteiger partial charge in [-0.2, -0.15) is 4.98 Å². The summed E-state index contributed by atoms with van der Waals surface area (Å²) in [7, 11) is -1.80. The van der Waals surface area contributed by atoms with Gasteiger partial charge >= 0.3 is 0 Å². The summed E-state index contributed by atoms with van der Waals surface area (Å²) in [5.74, 6) is 0.506. The molecule has 10 heteroatoms. The van der Waals surface area contributed by atoms with E-state index in [-0.39, 0.29) is 0 Å². The Morgan fingerprint density at radius 1 is 1.05 bits per heavy atom. The summed E-state index contributed by atoms with van der Waals surface area (Å²) in [6.45, 7) is 6.87. The van der Waals surface area contributed by atoms with Crippen LogP contribution in [0.15, 0.2) is 67.0 Å². The van der Waals surface area contributed by atoms with Crippen LogP contribution in [-0.2, 0) is 16.6 Å². The number of para-hydroxylation sites is 1. The van der Waals surface area contributed by atoms with Crippen LogP contribution in [-0.4, -0.2) is 61.4 Å². The maximum Gasteiger partial charge on any atom is 0.232 e. The predicted molar refractivity (Wildman–Crippen MR) is 150 cm³/mol. The fraction of sp³-hybridized carbons (Fsp3) is 0.333. The van der Waals surface area contributed by atoms with Crippen molar-refractivity contribution >= 4 is 44.1 Å². The number of rotatable bonds is 7. The number of fused-ring (bicyclic) bond motifs is 1. The minimum Gasteiger partial charge on any atom is -0.368 e. The number of nitrogens with zero attached hydrogens (tertiary/aromatic N) is 5. The number of piperazine rings is 1. The molecule has 1 aliphatic rings. The van der Waals surface area contributed by atoms with Crippen LogP contribution in [0.5, 0.6) is 0 Å². The van der Waals surface area contributed by atoms with Crippen molar-refractivity contribution in [3.05, 3.63) is 72.6 Å². The minimum absolute atomic E-state index is 0.455. The summed E-state index contributed by atoms with van der Waals surface area (Å²) in [4.78, 5) is 11.7. The first kappa shape index (κ1) is 25.0. The van der Waals surface area contributed by atoms with E-state index in [0.29, 0.717) is 30.3 Å². The molecular formula is C27H33N7O2S. The molecular weight excluding hydrogens is 486 g/mol. The lowest BCUT2D eigenvalue weighted by molar-refractivity contribution is 0.407. The zero-order valence-electron chi connectivity index (χ0n) is 21.6. The van der Waals surface area contributed by atoms with E-state index in [4.69, 9.17) is 4.98 Å². The minimum atomic E-state index is -3.37. The summed E-state index contributed by atoms with van der Waals surface area (Å²) < 4.78 is 27.6. The van der Waals surface area contributed by atoms with Gasteiger partial charge in [-0.05, 0) is 55.8 Å². The van der Waals surface area contributed by atoms with Gasteiger partial charge in [0.2, 0.25) is 16.0 Å². The van der Waals surface area contributed by atoms with Gasteiger partial charge < -0.3 is 20.1 Å². The van der Waals surface area contributed by atoms with E-state index in [2.05, 4.69) is 58.6 Å². The lowest BCUT2D eigenvalue weighted by Gasteiger charge is -2.37. The van der Waals surface area contributed by atoms with Crippen molar-refractivity contribution in [3.8, 4) is 0 Å². The molecule has 0 radical (unpaired) electrons. The highest BCUT2D eigenvalue weighted by molar-refractivity contribution is 7.92. The summed E-state index contributed by atoms with van der Waals surface area (Å²) >= 11 is 0. The molecule has 1 saturated heterocycles. The van der Waals surface area contributed by atoms with Gasteiger partial charge in [-0.3, -0.25) is 4.31 Å². The van der Waals surface area contributed by atoms with Crippen molar-refractivity contribution in [3.63, 3.8) is 0 Å². The fourth-order valence-electron chi connectivity index (χ4n) is 4.89. The zero-order valence-corrected chi connectivity index (χ0v) is 22.4. The second kappa shape index (κ2) is 10.0. The first-order valence-electron chi connectivity index (χ1n) is 12.4. The number of nitrogens with one attached hydrogen (secondary N) is 2. The molecule has 4 aromatic rings.